The molecule has 0 atom stereocenters. The lowest BCUT2D eigenvalue weighted by molar-refractivity contribution is 0.0399. The number of anilines is 4. The minimum Gasteiger partial charge on any atom is -0.386 e. The largest absolute Gasteiger partial charge is 0.386 e. The highest BCUT2D eigenvalue weighted by Crippen LogP contribution is 2.33. The molecular formula is C43H35N9O11S4. The van der Waals surface area contributed by atoms with Crippen molar-refractivity contribution < 1.29 is 49.2 Å². The second-order valence-corrected chi connectivity index (χ2v) is 22.3. The van der Waals surface area contributed by atoms with Gasteiger partial charge in [0.15, 0.2) is 19.1 Å². The Bertz CT molecular complexity index is 3710. The summed E-state index contributed by atoms with van der Waals surface area (Å²) >= 11 is 1.01. The van der Waals surface area contributed by atoms with Gasteiger partial charge in [-0.05, 0) is 74.5 Å². The van der Waals surface area contributed by atoms with Crippen LogP contribution in [-0.2, 0) is 48.7 Å². The van der Waals surface area contributed by atoms with E-state index in [1.165, 1.54) is 77.8 Å². The number of aromatic nitrogens is 3. The van der Waals surface area contributed by atoms with E-state index >= 15 is 0 Å². The SMILES string of the molecule is Cc1nc(C)c(S(=O)(=O)Nc2cccc3cc(C(=O)Nc4ccc(C#N)cc4C(=O)OC(=O)c4cc(C#N)ccc4NC(=O)c4cc5cccc(NS(=O)(=O)CS(C)(=O)=O)c5n4C)n(C)c23)s1. The van der Waals surface area contributed by atoms with Crippen molar-refractivity contribution in [1.82, 2.24) is 14.1 Å². The topological polar surface area (TPSA) is 298 Å². The van der Waals surface area contributed by atoms with Gasteiger partial charge in [0.2, 0.25) is 10.0 Å². The number of carbonyl (C=O) groups is 4. The average molecular weight is 982 g/mol. The number of nitriles is 2. The van der Waals surface area contributed by atoms with Crippen LogP contribution >= 0.6 is 11.3 Å². The summed E-state index contributed by atoms with van der Waals surface area (Å²) < 4.78 is 88.4. The van der Waals surface area contributed by atoms with Crippen molar-refractivity contribution in [3.05, 3.63) is 129 Å². The van der Waals surface area contributed by atoms with Crippen LogP contribution in [-0.4, -0.2) is 74.5 Å². The number of para-hydroxylation sites is 2. The van der Waals surface area contributed by atoms with Crippen molar-refractivity contribution in [3.63, 3.8) is 0 Å². The first kappa shape index (κ1) is 47.1. The molecule has 7 rings (SSSR count). The van der Waals surface area contributed by atoms with Gasteiger partial charge in [-0.1, -0.05) is 24.3 Å². The van der Waals surface area contributed by atoms with Crippen LogP contribution in [0.4, 0.5) is 22.7 Å². The Balaban J connectivity index is 1.14. The number of hydrogen-bond acceptors (Lipinski definition) is 15. The first-order chi connectivity index (χ1) is 31.5. The fourth-order valence-corrected chi connectivity index (χ4v) is 12.8. The van der Waals surface area contributed by atoms with E-state index in [1.54, 1.807) is 32.0 Å². The molecule has 0 spiro atoms. The fraction of sp³-hybridized carbons (Fsp3) is 0.140. The van der Waals surface area contributed by atoms with E-state index in [0.29, 0.717) is 27.0 Å². The number of fused-ring (bicyclic) bond motifs is 2. The molecule has 4 aromatic carbocycles. The first-order valence-electron chi connectivity index (χ1n) is 19.3. The zero-order valence-electron chi connectivity index (χ0n) is 35.6. The molecule has 0 saturated carbocycles. The van der Waals surface area contributed by atoms with Gasteiger partial charge in [0, 0.05) is 31.1 Å². The van der Waals surface area contributed by atoms with Crippen molar-refractivity contribution in [2.24, 2.45) is 14.1 Å². The molecule has 0 fully saturated rings. The molecule has 24 heteroatoms. The Morgan fingerprint density at radius 2 is 1.13 bits per heavy atom. The number of benzene rings is 4. The second-order valence-electron chi connectivity index (χ2n) is 15.0. The number of sulfonamides is 2. The Labute approximate surface area is 386 Å². The molecule has 20 nitrogen and oxygen atoms in total. The average Bonchev–Trinajstić information content (AvgIpc) is 3.91. The summed E-state index contributed by atoms with van der Waals surface area (Å²) in [7, 11) is -9.41. The Morgan fingerprint density at radius 3 is 1.55 bits per heavy atom. The van der Waals surface area contributed by atoms with Gasteiger partial charge in [0.05, 0.1) is 78.9 Å². The van der Waals surface area contributed by atoms with E-state index in [9.17, 15) is 55.0 Å². The molecule has 0 unspecified atom stereocenters. The van der Waals surface area contributed by atoms with Crippen LogP contribution in [0.15, 0.2) is 89.1 Å². The van der Waals surface area contributed by atoms with Gasteiger partial charge in [0.25, 0.3) is 21.8 Å². The maximum absolute atomic E-state index is 13.9. The number of carbonyl (C=O) groups excluding carboxylic acids is 4. The van der Waals surface area contributed by atoms with Gasteiger partial charge in [-0.3, -0.25) is 19.0 Å². The van der Waals surface area contributed by atoms with Crippen molar-refractivity contribution in [3.8, 4) is 12.1 Å². The van der Waals surface area contributed by atoms with E-state index in [2.05, 4.69) is 25.1 Å². The summed E-state index contributed by atoms with van der Waals surface area (Å²) in [4.78, 5) is 59.5. The highest BCUT2D eigenvalue weighted by Gasteiger charge is 2.28. The molecule has 0 radical (unpaired) electrons. The number of rotatable bonds is 13. The van der Waals surface area contributed by atoms with Crippen molar-refractivity contribution in [1.29, 1.82) is 10.5 Å². The molecule has 0 aliphatic carbocycles. The molecule has 2 amide bonds. The van der Waals surface area contributed by atoms with Crippen molar-refractivity contribution >= 4 is 110 Å². The quantitative estimate of drug-likeness (QED) is 0.0816. The molecule has 3 aromatic heterocycles. The summed E-state index contributed by atoms with van der Waals surface area (Å²) in [5, 5.41) is 24.7. The molecule has 0 aliphatic rings. The van der Waals surface area contributed by atoms with E-state index < -0.39 is 69.8 Å². The Hall–Kier alpha value is -7.90. The zero-order chi connectivity index (χ0) is 48.7. The number of esters is 2. The lowest BCUT2D eigenvalue weighted by Crippen LogP contribution is -2.23. The summed E-state index contributed by atoms with van der Waals surface area (Å²) in [5.74, 6) is -4.28. The van der Waals surface area contributed by atoms with Crippen LogP contribution in [0.2, 0.25) is 0 Å². The lowest BCUT2D eigenvalue weighted by Gasteiger charge is -2.14. The number of ether oxygens (including phenoxy) is 1. The summed E-state index contributed by atoms with van der Waals surface area (Å²) in [6.45, 7) is 3.26. The summed E-state index contributed by atoms with van der Waals surface area (Å²) in [6.07, 6.45) is 0.764. The van der Waals surface area contributed by atoms with Gasteiger partial charge in [-0.2, -0.15) is 10.5 Å². The Morgan fingerprint density at radius 1 is 0.672 bits per heavy atom. The molecule has 67 heavy (non-hydrogen) atoms. The highest BCUT2D eigenvalue weighted by atomic mass is 32.3. The van der Waals surface area contributed by atoms with Crippen LogP contribution in [0.5, 0.6) is 0 Å². The van der Waals surface area contributed by atoms with Crippen LogP contribution < -0.4 is 20.1 Å². The molecule has 0 aliphatic heterocycles. The predicted octanol–water partition coefficient (Wildman–Crippen LogP) is 5.53. The third kappa shape index (κ3) is 9.87. The van der Waals surface area contributed by atoms with E-state index in [4.69, 9.17) is 4.74 Å². The standard InChI is InChI=1S/C43H35N9O11S4/c1-23-43(64-24(2)46-23)67(61,62)50-34-11-7-9-28-19-36(52(4)38(28)34)40(54)48-32-15-13-26(21-45)17-30(32)42(56)63-41(55)29-16-25(20-44)12-14-31(29)47-39(53)35-18-27-8-6-10-33(37(27)51(35)3)49-66(59,60)22-65(5,57)58/h6-19,49-50H,22H2,1-5H3,(H,47,53)(H,48,54). The molecule has 4 N–H and O–H groups in total. The molecule has 342 valence electrons. The van der Waals surface area contributed by atoms with Gasteiger partial charge in [0.1, 0.15) is 11.4 Å². The van der Waals surface area contributed by atoms with Gasteiger partial charge in [-0.25, -0.2) is 39.8 Å². The monoisotopic (exact) mass is 981 g/mol. The minimum absolute atomic E-state index is 0.0234. The van der Waals surface area contributed by atoms with Gasteiger partial charge in [-0.15, -0.1) is 11.3 Å². The number of thiazole rings is 1. The molecule has 0 bridgehead atoms. The predicted molar refractivity (Wildman–Crippen MR) is 248 cm³/mol. The van der Waals surface area contributed by atoms with Crippen LogP contribution in [0.25, 0.3) is 21.8 Å². The van der Waals surface area contributed by atoms with E-state index in [1.807, 2.05) is 12.1 Å². The number of nitrogens with zero attached hydrogens (tertiary/aromatic N) is 5. The van der Waals surface area contributed by atoms with E-state index in [0.717, 1.165) is 29.7 Å². The van der Waals surface area contributed by atoms with Crippen molar-refractivity contribution in [2.75, 3.05) is 31.4 Å². The third-order valence-electron chi connectivity index (χ3n) is 9.98. The summed E-state index contributed by atoms with van der Waals surface area (Å²) in [6, 6.07) is 23.0. The maximum atomic E-state index is 13.9. The van der Waals surface area contributed by atoms with Gasteiger partial charge < -0.3 is 24.5 Å². The third-order valence-corrected chi connectivity index (χ3v) is 16.5. The summed E-state index contributed by atoms with van der Waals surface area (Å²) in [5.41, 5.74) is -0.380. The minimum atomic E-state index is -4.37. The van der Waals surface area contributed by atoms with Gasteiger partial charge >= 0.3 is 11.9 Å². The van der Waals surface area contributed by atoms with Crippen molar-refractivity contribution in [2.45, 2.75) is 18.1 Å². The second kappa shape index (κ2) is 17.8. The number of aryl methyl sites for hydroxylation is 4. The number of amides is 2. The van der Waals surface area contributed by atoms with Crippen LogP contribution in [0.3, 0.4) is 0 Å². The van der Waals surface area contributed by atoms with Crippen LogP contribution in [0.1, 0.15) is 63.5 Å². The fourth-order valence-electron chi connectivity index (χ4n) is 7.22. The normalized spacial score (nSPS) is 11.7. The Kier molecular flexibility index (Phi) is 12.5. The maximum Gasteiger partial charge on any atom is 0.348 e. The molecule has 0 saturated heterocycles. The first-order valence-corrected chi connectivity index (χ1v) is 25.3. The zero-order valence-corrected chi connectivity index (χ0v) is 38.9. The molecule has 7 aromatic rings. The number of nitrogens with one attached hydrogen (secondary N) is 4. The molecule has 3 heterocycles. The van der Waals surface area contributed by atoms with E-state index in [-0.39, 0.29) is 55.0 Å². The highest BCUT2D eigenvalue weighted by molar-refractivity contribution is 8.08. The number of sulfone groups is 1. The smallest absolute Gasteiger partial charge is 0.348 e. The van der Waals surface area contributed by atoms with Crippen LogP contribution in [0, 0.1) is 36.5 Å². The molecular weight excluding hydrogens is 947 g/mol. The number of hydrogen-bond donors (Lipinski definition) is 4. The lowest BCUT2D eigenvalue weighted by atomic mass is 10.1.